The van der Waals surface area contributed by atoms with Crippen molar-refractivity contribution < 1.29 is 18.7 Å². The maximum absolute atomic E-state index is 14.5. The molecule has 11 heteroatoms. The Morgan fingerprint density at radius 1 is 1.39 bits per heavy atom. The van der Waals surface area contributed by atoms with E-state index in [4.69, 9.17) is 4.74 Å². The number of hydrogen-bond acceptors (Lipinski definition) is 7. The summed E-state index contributed by atoms with van der Waals surface area (Å²) < 4.78 is 20.3. The molecule has 0 saturated carbocycles. The van der Waals surface area contributed by atoms with Crippen molar-refractivity contribution in [1.82, 2.24) is 19.8 Å². The molecular weight excluding hydrogens is 495 g/mol. The summed E-state index contributed by atoms with van der Waals surface area (Å²) in [5, 5.41) is 5.68. The van der Waals surface area contributed by atoms with E-state index in [0.717, 1.165) is 6.07 Å². The van der Waals surface area contributed by atoms with Gasteiger partial charge >= 0.3 is 0 Å². The zero-order valence-corrected chi connectivity index (χ0v) is 20.2. The Kier molecular flexibility index (Phi) is 8.34. The summed E-state index contributed by atoms with van der Waals surface area (Å²) in [5.74, 6) is -0.569. The molecule has 1 aliphatic rings. The van der Waals surface area contributed by atoms with Gasteiger partial charge in [-0.25, -0.2) is 9.37 Å². The molecule has 2 amide bonds. The first-order valence-corrected chi connectivity index (χ1v) is 11.1. The van der Waals surface area contributed by atoms with Gasteiger partial charge in [0.15, 0.2) is 0 Å². The second-order valence-corrected chi connectivity index (χ2v) is 8.63. The van der Waals surface area contributed by atoms with Crippen LogP contribution in [-0.2, 0) is 4.79 Å². The van der Waals surface area contributed by atoms with Gasteiger partial charge in [0.2, 0.25) is 17.7 Å². The number of nitrogens with one attached hydrogen (secondary N) is 2. The molecule has 2 heterocycles. The topological polar surface area (TPSA) is 99.7 Å². The van der Waals surface area contributed by atoms with E-state index in [-0.39, 0.29) is 23.2 Å². The van der Waals surface area contributed by atoms with Gasteiger partial charge < -0.3 is 25.2 Å². The highest BCUT2D eigenvalue weighted by Gasteiger charge is 2.28. The first kappa shape index (κ1) is 24.6. The lowest BCUT2D eigenvalue weighted by atomic mass is 10.1. The number of nitrogens with zero attached hydrogens (tertiary/aromatic N) is 4. The average molecular weight is 521 g/mol. The number of ether oxygens (including phenoxy) is 1. The van der Waals surface area contributed by atoms with Crippen molar-refractivity contribution in [3.63, 3.8) is 0 Å². The van der Waals surface area contributed by atoms with Crippen LogP contribution >= 0.6 is 15.9 Å². The van der Waals surface area contributed by atoms with Crippen LogP contribution in [-0.4, -0.2) is 78.5 Å². The summed E-state index contributed by atoms with van der Waals surface area (Å²) in [4.78, 5) is 36.8. The lowest BCUT2D eigenvalue weighted by molar-refractivity contribution is -0.111. The van der Waals surface area contributed by atoms with E-state index >= 15 is 0 Å². The zero-order valence-electron chi connectivity index (χ0n) is 18.6. The van der Waals surface area contributed by atoms with Crippen LogP contribution in [0.15, 0.2) is 41.0 Å². The molecule has 1 aromatic heterocycles. The number of amides is 2. The van der Waals surface area contributed by atoms with Crippen LogP contribution in [0.1, 0.15) is 16.8 Å². The van der Waals surface area contributed by atoms with Crippen molar-refractivity contribution in [2.24, 2.45) is 0 Å². The summed E-state index contributed by atoms with van der Waals surface area (Å²) in [6, 6.07) is 4.00. The zero-order chi connectivity index (χ0) is 24.0. The second-order valence-electron chi connectivity index (χ2n) is 7.78. The van der Waals surface area contributed by atoms with Crippen LogP contribution in [0.4, 0.5) is 16.0 Å². The number of benzene rings is 1. The largest absolute Gasteiger partial charge is 0.480 e. The number of carbonyl (C=O) groups excluding carboxylic acids is 2. The fourth-order valence-electron chi connectivity index (χ4n) is 3.29. The Hall–Kier alpha value is -3.05. The van der Waals surface area contributed by atoms with Crippen molar-refractivity contribution in [3.8, 4) is 5.88 Å². The first-order chi connectivity index (χ1) is 15.8. The van der Waals surface area contributed by atoms with E-state index < -0.39 is 11.7 Å². The molecule has 0 spiro atoms. The summed E-state index contributed by atoms with van der Waals surface area (Å²) in [6.07, 6.45) is 5.32. The van der Waals surface area contributed by atoms with Crippen LogP contribution in [0.25, 0.3) is 0 Å². The highest BCUT2D eigenvalue weighted by molar-refractivity contribution is 9.10. The standard InChI is InChI=1S/C22H26BrFN6O3/c1-29(2)9-4-5-19(31)27-18-7-6-14(11-17(18)24)21(32)30-10-8-15(13-30)26-22-25-12-16(23)20(28-22)33-3/h4-7,11-12,15H,8-10,13H2,1-3H3,(H,27,31)(H,25,26,28)/b5-4+. The van der Waals surface area contributed by atoms with Gasteiger partial charge in [-0.2, -0.15) is 4.98 Å². The molecule has 1 unspecified atom stereocenters. The second kappa shape index (κ2) is 11.2. The highest BCUT2D eigenvalue weighted by Crippen LogP contribution is 2.24. The number of hydrogen-bond donors (Lipinski definition) is 2. The van der Waals surface area contributed by atoms with Gasteiger partial charge in [0, 0.05) is 37.3 Å². The lowest BCUT2D eigenvalue weighted by Crippen LogP contribution is -2.32. The summed E-state index contributed by atoms with van der Waals surface area (Å²) >= 11 is 3.31. The fraction of sp³-hybridized carbons (Fsp3) is 0.364. The smallest absolute Gasteiger partial charge is 0.254 e. The summed E-state index contributed by atoms with van der Waals surface area (Å²) in [5.41, 5.74) is 0.240. The molecule has 2 N–H and O–H groups in total. The fourth-order valence-corrected chi connectivity index (χ4v) is 3.64. The minimum atomic E-state index is -0.667. The first-order valence-electron chi connectivity index (χ1n) is 10.3. The molecule has 0 bridgehead atoms. The van der Waals surface area contributed by atoms with E-state index in [0.29, 0.717) is 42.4 Å². The third-order valence-electron chi connectivity index (χ3n) is 4.93. The predicted octanol–water partition coefficient (Wildman–Crippen LogP) is 2.77. The molecule has 1 atom stereocenters. The minimum absolute atomic E-state index is 0.0216. The van der Waals surface area contributed by atoms with E-state index in [1.807, 2.05) is 19.0 Å². The molecule has 176 valence electrons. The number of halogens is 2. The van der Waals surface area contributed by atoms with E-state index in [9.17, 15) is 14.0 Å². The third kappa shape index (κ3) is 6.72. The number of aromatic nitrogens is 2. The molecule has 1 aromatic carbocycles. The van der Waals surface area contributed by atoms with Crippen molar-refractivity contribution in [2.75, 3.05) is 51.5 Å². The average Bonchev–Trinajstić information content (AvgIpc) is 3.24. The number of likely N-dealkylation sites (N-methyl/N-ethyl adjacent to an activating group) is 1. The molecule has 3 rings (SSSR count). The van der Waals surface area contributed by atoms with Gasteiger partial charge in [-0.15, -0.1) is 0 Å². The summed E-state index contributed by atoms with van der Waals surface area (Å²) in [7, 11) is 5.27. The Labute approximate surface area is 200 Å². The normalized spacial score (nSPS) is 15.8. The Bertz CT molecular complexity index is 1050. The van der Waals surface area contributed by atoms with Gasteiger partial charge in [-0.05, 0) is 54.6 Å². The molecule has 33 heavy (non-hydrogen) atoms. The molecule has 9 nitrogen and oxygen atoms in total. The van der Waals surface area contributed by atoms with E-state index in [2.05, 4.69) is 36.5 Å². The van der Waals surface area contributed by atoms with Crippen LogP contribution in [0.2, 0.25) is 0 Å². The molecular formula is C22H26BrFN6O3. The Morgan fingerprint density at radius 2 is 2.18 bits per heavy atom. The van der Waals surface area contributed by atoms with Crippen molar-refractivity contribution in [1.29, 1.82) is 0 Å². The van der Waals surface area contributed by atoms with Crippen LogP contribution < -0.4 is 15.4 Å². The number of anilines is 2. The minimum Gasteiger partial charge on any atom is -0.480 e. The Morgan fingerprint density at radius 3 is 2.88 bits per heavy atom. The SMILES string of the molecule is COc1nc(NC2CCN(C(=O)c3ccc(NC(=O)/C=C/CN(C)C)c(F)c3)C2)ncc1Br. The monoisotopic (exact) mass is 520 g/mol. The lowest BCUT2D eigenvalue weighted by Gasteiger charge is -2.18. The van der Waals surface area contributed by atoms with E-state index in [1.165, 1.54) is 25.3 Å². The molecule has 1 saturated heterocycles. The molecule has 0 radical (unpaired) electrons. The molecule has 1 aliphatic heterocycles. The van der Waals surface area contributed by atoms with Gasteiger partial charge in [-0.1, -0.05) is 6.08 Å². The van der Waals surface area contributed by atoms with Crippen molar-refractivity contribution in [2.45, 2.75) is 12.5 Å². The quantitative estimate of drug-likeness (QED) is 0.516. The molecule has 1 fully saturated rings. The summed E-state index contributed by atoms with van der Waals surface area (Å²) in [6.45, 7) is 1.54. The predicted molar refractivity (Wildman–Crippen MR) is 127 cm³/mol. The highest BCUT2D eigenvalue weighted by atomic mass is 79.9. The third-order valence-corrected chi connectivity index (χ3v) is 5.47. The molecule has 0 aliphatic carbocycles. The van der Waals surface area contributed by atoms with E-state index in [1.54, 1.807) is 17.2 Å². The van der Waals surface area contributed by atoms with Crippen molar-refractivity contribution in [3.05, 3.63) is 52.4 Å². The Balaban J connectivity index is 1.58. The van der Waals surface area contributed by atoms with Gasteiger partial charge in [-0.3, -0.25) is 9.59 Å². The maximum Gasteiger partial charge on any atom is 0.254 e. The van der Waals surface area contributed by atoms with Gasteiger partial charge in [0.25, 0.3) is 5.91 Å². The van der Waals surface area contributed by atoms with Crippen molar-refractivity contribution >= 4 is 39.4 Å². The van der Waals surface area contributed by atoms with Gasteiger partial charge in [0.05, 0.1) is 23.5 Å². The maximum atomic E-state index is 14.5. The number of methoxy groups -OCH3 is 1. The van der Waals surface area contributed by atoms with Crippen LogP contribution in [0.5, 0.6) is 5.88 Å². The van der Waals surface area contributed by atoms with Crippen LogP contribution in [0.3, 0.4) is 0 Å². The van der Waals surface area contributed by atoms with Gasteiger partial charge in [0.1, 0.15) is 5.82 Å². The number of rotatable bonds is 8. The number of likely N-dealkylation sites (tertiary alicyclic amines) is 1. The number of carbonyl (C=O) groups is 2. The molecule has 2 aromatic rings. The van der Waals surface area contributed by atoms with Crippen LogP contribution in [0, 0.1) is 5.82 Å².